The molecule has 0 amide bonds. The maximum absolute atomic E-state index is 3.98. The number of hydrogen-bond acceptors (Lipinski definition) is 2. The highest BCUT2D eigenvalue weighted by Crippen LogP contribution is 2.37. The van der Waals surface area contributed by atoms with Crippen molar-refractivity contribution in [2.45, 2.75) is 52.1 Å². The van der Waals surface area contributed by atoms with Gasteiger partial charge in [-0.05, 0) is 37.7 Å². The van der Waals surface area contributed by atoms with Gasteiger partial charge in [-0.1, -0.05) is 13.8 Å². The summed E-state index contributed by atoms with van der Waals surface area (Å²) in [5, 5.41) is 10.7. The third-order valence-corrected chi connectivity index (χ3v) is 3.44. The van der Waals surface area contributed by atoms with Crippen molar-refractivity contribution in [3.05, 3.63) is 18.0 Å². The molecule has 0 bridgehead atoms. The van der Waals surface area contributed by atoms with Crippen molar-refractivity contribution < 1.29 is 0 Å². The van der Waals surface area contributed by atoms with Gasteiger partial charge in [-0.25, -0.2) is 0 Å². The van der Waals surface area contributed by atoms with Gasteiger partial charge in [0.25, 0.3) is 0 Å². The number of rotatable bonds is 3. The zero-order chi connectivity index (χ0) is 10.9. The van der Waals surface area contributed by atoms with E-state index >= 15 is 0 Å². The second kappa shape index (κ2) is 3.97. The molecule has 2 atom stereocenters. The Labute approximate surface area is 91.7 Å². The van der Waals surface area contributed by atoms with Crippen LogP contribution in [-0.4, -0.2) is 16.2 Å². The fourth-order valence-corrected chi connectivity index (χ4v) is 2.53. The first-order chi connectivity index (χ1) is 7.07. The number of H-pyrrole nitrogens is 1. The van der Waals surface area contributed by atoms with E-state index in [4.69, 9.17) is 0 Å². The summed E-state index contributed by atoms with van der Waals surface area (Å²) in [6.07, 6.45) is 5.73. The highest BCUT2D eigenvalue weighted by atomic mass is 15.1. The molecule has 1 aliphatic carbocycles. The van der Waals surface area contributed by atoms with Crippen LogP contribution in [-0.2, 0) is 0 Å². The molecule has 2 rings (SSSR count). The molecule has 2 N–H and O–H groups in total. The molecular weight excluding hydrogens is 186 g/mol. The number of nitrogens with one attached hydrogen (secondary N) is 2. The van der Waals surface area contributed by atoms with Gasteiger partial charge < -0.3 is 5.32 Å². The van der Waals surface area contributed by atoms with E-state index in [1.54, 1.807) is 0 Å². The van der Waals surface area contributed by atoms with Gasteiger partial charge >= 0.3 is 0 Å². The summed E-state index contributed by atoms with van der Waals surface area (Å²) in [5.74, 6) is 0. The first-order valence-corrected chi connectivity index (χ1v) is 5.82. The van der Waals surface area contributed by atoms with Crippen LogP contribution >= 0.6 is 0 Å². The topological polar surface area (TPSA) is 40.7 Å². The average molecular weight is 207 g/mol. The van der Waals surface area contributed by atoms with Gasteiger partial charge in [0.05, 0.1) is 5.69 Å². The van der Waals surface area contributed by atoms with Crippen LogP contribution in [0.15, 0.2) is 12.3 Å². The minimum atomic E-state index is 0.381. The Morgan fingerprint density at radius 2 is 2.40 bits per heavy atom. The average Bonchev–Trinajstić information content (AvgIpc) is 2.74. The van der Waals surface area contributed by atoms with Crippen LogP contribution < -0.4 is 5.32 Å². The Morgan fingerprint density at radius 3 is 2.93 bits per heavy atom. The molecule has 0 radical (unpaired) electrons. The molecule has 0 aliphatic heterocycles. The lowest BCUT2D eigenvalue weighted by Crippen LogP contribution is -2.30. The van der Waals surface area contributed by atoms with Gasteiger partial charge in [0, 0.05) is 18.3 Å². The summed E-state index contributed by atoms with van der Waals surface area (Å²) in [7, 11) is 0. The zero-order valence-electron chi connectivity index (χ0n) is 9.88. The second-order valence-corrected chi connectivity index (χ2v) is 5.50. The van der Waals surface area contributed by atoms with Gasteiger partial charge in [-0.2, -0.15) is 5.10 Å². The van der Waals surface area contributed by atoms with Gasteiger partial charge in [0.1, 0.15) is 0 Å². The monoisotopic (exact) mass is 207 g/mol. The fraction of sp³-hybridized carbons (Fsp3) is 0.750. The Kier molecular flexibility index (Phi) is 2.83. The van der Waals surface area contributed by atoms with Gasteiger partial charge in [-0.15, -0.1) is 0 Å². The van der Waals surface area contributed by atoms with Crippen molar-refractivity contribution in [1.82, 2.24) is 15.5 Å². The summed E-state index contributed by atoms with van der Waals surface area (Å²) >= 11 is 0. The van der Waals surface area contributed by atoms with Gasteiger partial charge in [0.15, 0.2) is 0 Å². The highest BCUT2D eigenvalue weighted by Gasteiger charge is 2.31. The fourth-order valence-electron chi connectivity index (χ4n) is 2.53. The zero-order valence-corrected chi connectivity index (χ0v) is 9.88. The summed E-state index contributed by atoms with van der Waals surface area (Å²) in [4.78, 5) is 0. The predicted octanol–water partition coefficient (Wildman–Crippen LogP) is 2.64. The minimum absolute atomic E-state index is 0.381. The molecule has 15 heavy (non-hydrogen) atoms. The molecule has 1 saturated carbocycles. The number of nitrogens with zero attached hydrogens (tertiary/aromatic N) is 1. The van der Waals surface area contributed by atoms with Crippen LogP contribution in [0.5, 0.6) is 0 Å². The van der Waals surface area contributed by atoms with E-state index in [-0.39, 0.29) is 0 Å². The third kappa shape index (κ3) is 2.59. The van der Waals surface area contributed by atoms with E-state index in [2.05, 4.69) is 36.3 Å². The van der Waals surface area contributed by atoms with Gasteiger partial charge in [-0.3, -0.25) is 5.10 Å². The predicted molar refractivity (Wildman–Crippen MR) is 61.6 cm³/mol. The van der Waals surface area contributed by atoms with E-state index < -0.39 is 0 Å². The highest BCUT2D eigenvalue weighted by molar-refractivity contribution is 5.04. The Hall–Kier alpha value is -0.830. The molecule has 1 aliphatic rings. The van der Waals surface area contributed by atoms with E-state index in [0.717, 1.165) is 0 Å². The molecule has 1 heterocycles. The van der Waals surface area contributed by atoms with Gasteiger partial charge in [0.2, 0.25) is 0 Å². The van der Waals surface area contributed by atoms with Crippen LogP contribution in [0.3, 0.4) is 0 Å². The van der Waals surface area contributed by atoms with Crippen LogP contribution in [0.4, 0.5) is 0 Å². The quantitative estimate of drug-likeness (QED) is 0.800. The molecule has 3 nitrogen and oxygen atoms in total. The Balaban J connectivity index is 1.88. The van der Waals surface area contributed by atoms with Crippen molar-refractivity contribution in [2.24, 2.45) is 5.41 Å². The number of aromatic amines is 1. The van der Waals surface area contributed by atoms with E-state index in [1.807, 2.05) is 12.3 Å². The summed E-state index contributed by atoms with van der Waals surface area (Å²) in [5.41, 5.74) is 1.70. The van der Waals surface area contributed by atoms with Crippen LogP contribution in [0.25, 0.3) is 0 Å². The van der Waals surface area contributed by atoms with E-state index in [0.29, 0.717) is 17.5 Å². The van der Waals surface area contributed by atoms with Crippen molar-refractivity contribution >= 4 is 0 Å². The standard InChI is InChI=1S/C12H21N3/c1-9(11-5-7-13-15-11)14-10-4-6-12(2,3)8-10/h5,7,9-10,14H,4,6,8H2,1-3H3,(H,13,15). The number of aromatic nitrogens is 2. The Morgan fingerprint density at radius 1 is 1.60 bits per heavy atom. The molecule has 2 unspecified atom stereocenters. The smallest absolute Gasteiger partial charge is 0.0518 e. The first-order valence-electron chi connectivity index (χ1n) is 5.82. The molecule has 84 valence electrons. The molecular formula is C12H21N3. The third-order valence-electron chi connectivity index (χ3n) is 3.44. The maximum atomic E-state index is 3.98. The molecule has 1 fully saturated rings. The maximum Gasteiger partial charge on any atom is 0.0518 e. The van der Waals surface area contributed by atoms with Crippen molar-refractivity contribution in [3.63, 3.8) is 0 Å². The first kappa shape index (κ1) is 10.7. The van der Waals surface area contributed by atoms with Crippen LogP contribution in [0.2, 0.25) is 0 Å². The molecule has 1 aromatic rings. The lowest BCUT2D eigenvalue weighted by Gasteiger charge is -2.20. The largest absolute Gasteiger partial charge is 0.306 e. The van der Waals surface area contributed by atoms with Crippen molar-refractivity contribution in [2.75, 3.05) is 0 Å². The summed E-state index contributed by atoms with van der Waals surface area (Å²) < 4.78 is 0. The Bertz CT molecular complexity index is 303. The van der Waals surface area contributed by atoms with E-state index in [9.17, 15) is 0 Å². The normalized spacial score (nSPS) is 26.7. The molecule has 3 heteroatoms. The summed E-state index contributed by atoms with van der Waals surface area (Å²) in [6, 6.07) is 3.09. The van der Waals surface area contributed by atoms with E-state index in [1.165, 1.54) is 25.0 Å². The van der Waals surface area contributed by atoms with Crippen molar-refractivity contribution in [3.8, 4) is 0 Å². The number of hydrogen-bond donors (Lipinski definition) is 2. The minimum Gasteiger partial charge on any atom is -0.306 e. The van der Waals surface area contributed by atoms with Crippen LogP contribution in [0.1, 0.15) is 51.8 Å². The lowest BCUT2D eigenvalue weighted by molar-refractivity contribution is 0.355. The lowest BCUT2D eigenvalue weighted by atomic mass is 9.92. The molecule has 1 aromatic heterocycles. The molecule has 0 saturated heterocycles. The van der Waals surface area contributed by atoms with Crippen molar-refractivity contribution in [1.29, 1.82) is 0 Å². The molecule has 0 aromatic carbocycles. The second-order valence-electron chi connectivity index (χ2n) is 5.50. The van der Waals surface area contributed by atoms with Crippen LogP contribution in [0, 0.1) is 5.41 Å². The molecule has 0 spiro atoms. The SMILES string of the molecule is CC(NC1CCC(C)(C)C1)c1ccn[nH]1. The summed E-state index contributed by atoms with van der Waals surface area (Å²) in [6.45, 7) is 6.91.